The van der Waals surface area contributed by atoms with Gasteiger partial charge in [0.05, 0.1) is 17.7 Å². The third kappa shape index (κ3) is 5.63. The molecule has 154 valence electrons. The Hall–Kier alpha value is -3.35. The maximum Gasteiger partial charge on any atom is 0.267 e. The normalized spacial score (nSPS) is 17.1. The Morgan fingerprint density at radius 3 is 2.55 bits per heavy atom. The molecular formula is C24H18ClN3O2S. The lowest BCUT2D eigenvalue weighted by Gasteiger charge is -2.12. The molecule has 2 aromatic carbocycles. The average molecular weight is 448 g/mol. The topological polar surface area (TPSA) is 58.2 Å². The highest BCUT2D eigenvalue weighted by Crippen LogP contribution is 2.34. The van der Waals surface area contributed by atoms with Crippen molar-refractivity contribution in [1.82, 2.24) is 4.90 Å². The van der Waals surface area contributed by atoms with Crippen LogP contribution in [0.25, 0.3) is 12.2 Å². The molecule has 0 radical (unpaired) electrons. The van der Waals surface area contributed by atoms with Gasteiger partial charge in [-0.3, -0.25) is 9.69 Å². The third-order valence-corrected chi connectivity index (χ3v) is 5.58. The van der Waals surface area contributed by atoms with Crippen LogP contribution in [-0.2, 0) is 11.3 Å². The lowest BCUT2D eigenvalue weighted by atomic mass is 10.2. The molecule has 1 aromatic heterocycles. The van der Waals surface area contributed by atoms with Crippen molar-refractivity contribution in [2.75, 3.05) is 0 Å². The number of nitrogens with zero attached hydrogens (tertiary/aromatic N) is 3. The first-order valence-corrected chi connectivity index (χ1v) is 10.7. The number of halogens is 1. The number of amidine groups is 1. The zero-order valence-electron chi connectivity index (χ0n) is 16.4. The van der Waals surface area contributed by atoms with Gasteiger partial charge in [0.2, 0.25) is 0 Å². The molecule has 5 nitrogen and oxygen atoms in total. The van der Waals surface area contributed by atoms with E-state index in [1.165, 1.54) is 11.8 Å². The number of furan rings is 1. The van der Waals surface area contributed by atoms with Crippen LogP contribution >= 0.6 is 23.4 Å². The van der Waals surface area contributed by atoms with Crippen LogP contribution in [0.3, 0.4) is 0 Å². The molecule has 1 aliphatic rings. The van der Waals surface area contributed by atoms with Gasteiger partial charge in [-0.1, -0.05) is 60.1 Å². The van der Waals surface area contributed by atoms with Gasteiger partial charge in [0, 0.05) is 11.2 Å². The highest BCUT2D eigenvalue weighted by molar-refractivity contribution is 8.18. The summed E-state index contributed by atoms with van der Waals surface area (Å²) >= 11 is 7.23. The molecule has 0 atom stereocenters. The molecule has 1 amide bonds. The molecule has 0 N–H and O–H groups in total. The van der Waals surface area contributed by atoms with E-state index in [0.717, 1.165) is 11.1 Å². The van der Waals surface area contributed by atoms with Gasteiger partial charge in [0.15, 0.2) is 5.17 Å². The highest BCUT2D eigenvalue weighted by atomic mass is 35.5. The second-order valence-electron chi connectivity index (χ2n) is 6.55. The van der Waals surface area contributed by atoms with Gasteiger partial charge in [-0.25, -0.2) is 0 Å². The molecule has 1 aliphatic heterocycles. The predicted octanol–water partition coefficient (Wildman–Crippen LogP) is 6.10. The van der Waals surface area contributed by atoms with Gasteiger partial charge in [-0.15, -0.1) is 5.10 Å². The number of carbonyl (C=O) groups is 1. The van der Waals surface area contributed by atoms with Crippen LogP contribution in [0.4, 0.5) is 0 Å². The zero-order valence-corrected chi connectivity index (χ0v) is 18.0. The van der Waals surface area contributed by atoms with Crippen molar-refractivity contribution in [1.29, 1.82) is 0 Å². The van der Waals surface area contributed by atoms with Crippen molar-refractivity contribution in [2.24, 2.45) is 10.2 Å². The van der Waals surface area contributed by atoms with Crippen molar-refractivity contribution in [2.45, 2.75) is 6.54 Å². The zero-order chi connectivity index (χ0) is 21.5. The Bertz CT molecular complexity index is 1150. The van der Waals surface area contributed by atoms with Gasteiger partial charge < -0.3 is 4.42 Å². The van der Waals surface area contributed by atoms with Crippen LogP contribution in [-0.4, -0.2) is 22.2 Å². The van der Waals surface area contributed by atoms with Crippen molar-refractivity contribution >= 4 is 52.8 Å². The number of allylic oxidation sites excluding steroid dienone is 1. The van der Waals surface area contributed by atoms with E-state index < -0.39 is 0 Å². The molecule has 0 bridgehead atoms. The fourth-order valence-corrected chi connectivity index (χ4v) is 3.89. The van der Waals surface area contributed by atoms with Crippen LogP contribution in [0, 0.1) is 0 Å². The predicted molar refractivity (Wildman–Crippen MR) is 128 cm³/mol. The average Bonchev–Trinajstić information content (AvgIpc) is 3.40. The van der Waals surface area contributed by atoms with E-state index in [2.05, 4.69) is 10.2 Å². The van der Waals surface area contributed by atoms with Crippen LogP contribution < -0.4 is 0 Å². The van der Waals surface area contributed by atoms with E-state index in [9.17, 15) is 4.79 Å². The summed E-state index contributed by atoms with van der Waals surface area (Å²) in [5, 5.41) is 9.53. The minimum Gasteiger partial charge on any atom is -0.467 e. The highest BCUT2D eigenvalue weighted by Gasteiger charge is 2.34. The number of amides is 1. The second kappa shape index (κ2) is 10.1. The monoisotopic (exact) mass is 447 g/mol. The van der Waals surface area contributed by atoms with E-state index in [1.54, 1.807) is 35.6 Å². The number of benzene rings is 2. The molecule has 0 saturated carbocycles. The Balaban J connectivity index is 1.54. The Morgan fingerprint density at radius 2 is 1.81 bits per heavy atom. The van der Waals surface area contributed by atoms with Gasteiger partial charge >= 0.3 is 0 Å². The molecule has 0 spiro atoms. The van der Waals surface area contributed by atoms with Gasteiger partial charge in [-0.05, 0) is 59.3 Å². The summed E-state index contributed by atoms with van der Waals surface area (Å²) in [7, 11) is 0. The molecule has 31 heavy (non-hydrogen) atoms. The van der Waals surface area contributed by atoms with E-state index in [-0.39, 0.29) is 12.5 Å². The molecular weight excluding hydrogens is 430 g/mol. The largest absolute Gasteiger partial charge is 0.467 e. The Morgan fingerprint density at radius 1 is 1.00 bits per heavy atom. The van der Waals surface area contributed by atoms with Crippen LogP contribution in [0.5, 0.6) is 0 Å². The molecule has 0 aliphatic carbocycles. The van der Waals surface area contributed by atoms with E-state index in [4.69, 9.17) is 16.0 Å². The fraction of sp³-hybridized carbons (Fsp3) is 0.0417. The first-order chi connectivity index (χ1) is 15.2. The van der Waals surface area contributed by atoms with Gasteiger partial charge in [0.25, 0.3) is 5.91 Å². The number of thioether (sulfide) groups is 1. The summed E-state index contributed by atoms with van der Waals surface area (Å²) < 4.78 is 5.41. The summed E-state index contributed by atoms with van der Waals surface area (Å²) in [6, 6.07) is 20.8. The molecule has 3 aromatic rings. The molecule has 4 rings (SSSR count). The minimum atomic E-state index is -0.148. The lowest BCUT2D eigenvalue weighted by molar-refractivity contribution is -0.122. The summed E-state index contributed by atoms with van der Waals surface area (Å²) in [5.41, 5.74) is 1.95. The number of hydrogen-bond acceptors (Lipinski definition) is 5. The molecule has 2 heterocycles. The fourth-order valence-electron chi connectivity index (χ4n) is 2.83. The summed E-state index contributed by atoms with van der Waals surface area (Å²) in [5.74, 6) is 0.521. The van der Waals surface area contributed by atoms with Crippen molar-refractivity contribution in [3.05, 3.63) is 106 Å². The summed E-state index contributed by atoms with van der Waals surface area (Å²) in [6.07, 6.45) is 8.74. The standard InChI is InChI=1S/C24H18ClN3O2S/c25-20-12-10-19(11-13-20)16-22-23(29)28(17-21-9-5-15-30-21)24(31-22)27-26-14-4-8-18-6-2-1-3-7-18/h1-16H,17H2/b8-4+,22-16-,26-14+,27-24-. The smallest absolute Gasteiger partial charge is 0.267 e. The molecule has 7 heteroatoms. The maximum atomic E-state index is 13.0. The van der Waals surface area contributed by atoms with E-state index in [0.29, 0.717) is 20.9 Å². The quantitative estimate of drug-likeness (QED) is 0.260. The first-order valence-electron chi connectivity index (χ1n) is 9.51. The minimum absolute atomic E-state index is 0.148. The molecule has 1 saturated heterocycles. The van der Waals surface area contributed by atoms with Crippen LogP contribution in [0.2, 0.25) is 5.02 Å². The lowest BCUT2D eigenvalue weighted by Crippen LogP contribution is -2.28. The molecule has 0 unspecified atom stereocenters. The maximum absolute atomic E-state index is 13.0. The number of carbonyl (C=O) groups excluding carboxylic acids is 1. The van der Waals surface area contributed by atoms with Crippen molar-refractivity contribution < 1.29 is 9.21 Å². The number of rotatable bonds is 6. The first kappa shape index (κ1) is 20.9. The van der Waals surface area contributed by atoms with E-state index >= 15 is 0 Å². The second-order valence-corrected chi connectivity index (χ2v) is 8.00. The Labute approximate surface area is 189 Å². The SMILES string of the molecule is O=C1/C(=C/c2ccc(Cl)cc2)S\C(=N/N=C/C=C/c2ccccc2)N1Cc1ccco1. The van der Waals surface area contributed by atoms with Gasteiger partial charge in [-0.2, -0.15) is 5.10 Å². The van der Waals surface area contributed by atoms with E-state index in [1.807, 2.05) is 66.8 Å². The Kier molecular flexibility index (Phi) is 6.82. The number of hydrogen-bond donors (Lipinski definition) is 0. The molecule has 1 fully saturated rings. The summed E-state index contributed by atoms with van der Waals surface area (Å²) in [6.45, 7) is 0.283. The third-order valence-electron chi connectivity index (χ3n) is 4.33. The van der Waals surface area contributed by atoms with Crippen LogP contribution in [0.15, 0.2) is 98.6 Å². The summed E-state index contributed by atoms with van der Waals surface area (Å²) in [4.78, 5) is 15.1. The van der Waals surface area contributed by atoms with Crippen LogP contribution in [0.1, 0.15) is 16.9 Å². The van der Waals surface area contributed by atoms with Crippen molar-refractivity contribution in [3.63, 3.8) is 0 Å². The van der Waals surface area contributed by atoms with Crippen molar-refractivity contribution in [3.8, 4) is 0 Å². The van der Waals surface area contributed by atoms with Gasteiger partial charge in [0.1, 0.15) is 5.76 Å².